The quantitative estimate of drug-likeness (QED) is 0.909. The van der Waals surface area contributed by atoms with Crippen molar-refractivity contribution >= 4 is 5.82 Å². The van der Waals surface area contributed by atoms with Crippen molar-refractivity contribution < 1.29 is 4.74 Å². The Bertz CT molecular complexity index is 602. The van der Waals surface area contributed by atoms with Crippen LogP contribution in [0.4, 0.5) is 5.82 Å². The smallest absolute Gasteiger partial charge is 0.169 e. The van der Waals surface area contributed by atoms with E-state index in [0.717, 1.165) is 17.9 Å². The third-order valence-corrected chi connectivity index (χ3v) is 3.56. The van der Waals surface area contributed by atoms with Crippen molar-refractivity contribution in [2.24, 2.45) is 0 Å². The van der Waals surface area contributed by atoms with E-state index in [1.54, 1.807) is 0 Å². The minimum atomic E-state index is -0.0843. The van der Waals surface area contributed by atoms with Crippen molar-refractivity contribution in [3.8, 4) is 5.75 Å². The highest BCUT2D eigenvalue weighted by Gasteiger charge is 2.28. The van der Waals surface area contributed by atoms with E-state index in [9.17, 15) is 0 Å². The van der Waals surface area contributed by atoms with Crippen molar-refractivity contribution in [3.05, 3.63) is 35.5 Å². The maximum Gasteiger partial charge on any atom is 0.169 e. The van der Waals surface area contributed by atoms with E-state index in [4.69, 9.17) is 10.5 Å². The molecule has 1 atom stereocenters. The molecule has 1 aromatic carbocycles. The van der Waals surface area contributed by atoms with Crippen molar-refractivity contribution in [1.29, 1.82) is 0 Å². The molecule has 0 radical (unpaired) electrons. The average Bonchev–Trinajstić information content (AvgIpc) is 2.91. The molecule has 1 unspecified atom stereocenters. The van der Waals surface area contributed by atoms with Gasteiger partial charge in [-0.25, -0.2) is 4.68 Å². The summed E-state index contributed by atoms with van der Waals surface area (Å²) < 4.78 is 7.84. The van der Waals surface area contributed by atoms with E-state index < -0.39 is 0 Å². The van der Waals surface area contributed by atoms with Crippen LogP contribution >= 0.6 is 0 Å². The summed E-state index contributed by atoms with van der Waals surface area (Å²) in [5.74, 6) is 1.48. The Hall–Kier alpha value is -2.04. The molecule has 2 aromatic rings. The van der Waals surface area contributed by atoms with E-state index in [-0.39, 0.29) is 11.5 Å². The summed E-state index contributed by atoms with van der Waals surface area (Å²) in [6, 6.07) is 8.15. The predicted molar refractivity (Wildman–Crippen MR) is 77.7 cm³/mol. The first-order chi connectivity index (χ1) is 9.45. The number of para-hydroxylation sites is 1. The molecule has 0 saturated heterocycles. The molecule has 0 fully saturated rings. The standard InChI is InChI=1S/C15H20N4O/c1-15(2,3)13-14(16)17-18-19(13)9-11-8-10-6-4-5-7-12(10)20-11/h4-7,11H,8-9,16H2,1-3H3. The number of hydrogen-bond donors (Lipinski definition) is 1. The molecule has 20 heavy (non-hydrogen) atoms. The van der Waals surface area contributed by atoms with Crippen LogP contribution in [-0.4, -0.2) is 21.1 Å². The van der Waals surface area contributed by atoms with Crippen LogP contribution in [0.25, 0.3) is 0 Å². The highest BCUT2D eigenvalue weighted by atomic mass is 16.5. The monoisotopic (exact) mass is 272 g/mol. The van der Waals surface area contributed by atoms with Crippen LogP contribution in [0.3, 0.4) is 0 Å². The lowest BCUT2D eigenvalue weighted by Gasteiger charge is -2.21. The minimum Gasteiger partial charge on any atom is -0.488 e. The first-order valence-electron chi connectivity index (χ1n) is 6.89. The molecule has 0 amide bonds. The normalized spacial score (nSPS) is 17.9. The summed E-state index contributed by atoms with van der Waals surface area (Å²) in [7, 11) is 0. The van der Waals surface area contributed by atoms with Crippen LogP contribution in [0.1, 0.15) is 32.0 Å². The van der Waals surface area contributed by atoms with Crippen molar-refractivity contribution in [1.82, 2.24) is 15.0 Å². The molecular weight excluding hydrogens is 252 g/mol. The fourth-order valence-electron chi connectivity index (χ4n) is 2.77. The van der Waals surface area contributed by atoms with Crippen LogP contribution in [0.15, 0.2) is 24.3 Å². The maximum absolute atomic E-state index is 5.96. The third-order valence-electron chi connectivity index (χ3n) is 3.56. The van der Waals surface area contributed by atoms with Gasteiger partial charge in [0.25, 0.3) is 0 Å². The van der Waals surface area contributed by atoms with Crippen molar-refractivity contribution in [2.75, 3.05) is 5.73 Å². The molecule has 3 rings (SSSR count). The SMILES string of the molecule is CC(C)(C)c1c(N)nnn1CC1Cc2ccccc2O1. The minimum absolute atomic E-state index is 0.0843. The van der Waals surface area contributed by atoms with Gasteiger partial charge in [0.2, 0.25) is 0 Å². The molecule has 0 spiro atoms. The second-order valence-electron chi connectivity index (χ2n) is 6.31. The lowest BCUT2D eigenvalue weighted by atomic mass is 9.91. The molecular formula is C15H20N4O. The lowest BCUT2D eigenvalue weighted by molar-refractivity contribution is 0.198. The van der Waals surface area contributed by atoms with E-state index in [2.05, 4.69) is 37.1 Å². The lowest BCUT2D eigenvalue weighted by Crippen LogP contribution is -2.27. The Labute approximate surface area is 118 Å². The van der Waals surface area contributed by atoms with Gasteiger partial charge in [0, 0.05) is 11.8 Å². The molecule has 2 N–H and O–H groups in total. The molecule has 0 bridgehead atoms. The van der Waals surface area contributed by atoms with Gasteiger partial charge in [0.15, 0.2) is 5.82 Å². The van der Waals surface area contributed by atoms with Crippen LogP contribution in [0.5, 0.6) is 5.75 Å². The first kappa shape index (κ1) is 13.0. The largest absolute Gasteiger partial charge is 0.488 e. The fourth-order valence-corrected chi connectivity index (χ4v) is 2.77. The highest BCUT2D eigenvalue weighted by molar-refractivity contribution is 5.39. The molecule has 5 heteroatoms. The number of hydrogen-bond acceptors (Lipinski definition) is 4. The Morgan fingerprint density at radius 3 is 2.80 bits per heavy atom. The van der Waals surface area contributed by atoms with E-state index in [0.29, 0.717) is 12.4 Å². The van der Waals surface area contributed by atoms with Gasteiger partial charge in [0.1, 0.15) is 11.9 Å². The Morgan fingerprint density at radius 1 is 1.35 bits per heavy atom. The average molecular weight is 272 g/mol. The maximum atomic E-state index is 5.96. The molecule has 1 aliphatic heterocycles. The summed E-state index contributed by atoms with van der Waals surface area (Å²) in [6.07, 6.45) is 0.995. The highest BCUT2D eigenvalue weighted by Crippen LogP contribution is 2.31. The third kappa shape index (κ3) is 2.24. The topological polar surface area (TPSA) is 66.0 Å². The van der Waals surface area contributed by atoms with Crippen LogP contribution in [0, 0.1) is 0 Å². The molecule has 1 aliphatic rings. The number of nitrogens with two attached hydrogens (primary N) is 1. The van der Waals surface area contributed by atoms with Crippen molar-refractivity contribution in [2.45, 2.75) is 45.3 Å². The molecule has 0 aliphatic carbocycles. The number of benzene rings is 1. The van der Waals surface area contributed by atoms with E-state index in [1.165, 1.54) is 5.56 Å². The number of anilines is 1. The van der Waals surface area contributed by atoms with Gasteiger partial charge in [-0.15, -0.1) is 5.10 Å². The van der Waals surface area contributed by atoms with Gasteiger partial charge >= 0.3 is 0 Å². The zero-order valence-electron chi connectivity index (χ0n) is 12.1. The molecule has 5 nitrogen and oxygen atoms in total. The molecule has 1 aromatic heterocycles. The van der Waals surface area contributed by atoms with Gasteiger partial charge in [0.05, 0.1) is 12.2 Å². The van der Waals surface area contributed by atoms with Gasteiger partial charge < -0.3 is 10.5 Å². The fraction of sp³-hybridized carbons (Fsp3) is 0.467. The number of rotatable bonds is 2. The van der Waals surface area contributed by atoms with Gasteiger partial charge in [-0.05, 0) is 11.6 Å². The summed E-state index contributed by atoms with van der Waals surface area (Å²) in [4.78, 5) is 0. The number of fused-ring (bicyclic) bond motifs is 1. The van der Waals surface area contributed by atoms with Crippen LogP contribution in [-0.2, 0) is 18.4 Å². The second-order valence-corrected chi connectivity index (χ2v) is 6.31. The summed E-state index contributed by atoms with van der Waals surface area (Å²) in [5, 5.41) is 8.18. The number of nitrogens with zero attached hydrogens (tertiary/aromatic N) is 3. The summed E-state index contributed by atoms with van der Waals surface area (Å²) in [5.41, 5.74) is 8.09. The summed E-state index contributed by atoms with van der Waals surface area (Å²) >= 11 is 0. The zero-order valence-corrected chi connectivity index (χ0v) is 12.1. The Balaban J connectivity index is 1.81. The van der Waals surface area contributed by atoms with Crippen molar-refractivity contribution in [3.63, 3.8) is 0 Å². The predicted octanol–water partition coefficient (Wildman–Crippen LogP) is 2.16. The molecule has 0 saturated carbocycles. The number of ether oxygens (including phenoxy) is 1. The number of nitrogen functional groups attached to an aromatic ring is 1. The van der Waals surface area contributed by atoms with Crippen LogP contribution < -0.4 is 10.5 Å². The molecule has 106 valence electrons. The Kier molecular flexibility index (Phi) is 2.92. The molecule has 2 heterocycles. The van der Waals surface area contributed by atoms with Gasteiger partial charge in [-0.2, -0.15) is 0 Å². The van der Waals surface area contributed by atoms with E-state index in [1.807, 2.05) is 22.9 Å². The summed E-state index contributed by atoms with van der Waals surface area (Å²) in [6.45, 7) is 7.01. The van der Waals surface area contributed by atoms with Crippen LogP contribution in [0.2, 0.25) is 0 Å². The first-order valence-corrected chi connectivity index (χ1v) is 6.89. The second kappa shape index (κ2) is 4.51. The van der Waals surface area contributed by atoms with Gasteiger partial charge in [-0.3, -0.25) is 0 Å². The Morgan fingerprint density at radius 2 is 2.10 bits per heavy atom. The number of aromatic nitrogens is 3. The van der Waals surface area contributed by atoms with E-state index >= 15 is 0 Å². The zero-order chi connectivity index (χ0) is 14.3. The van der Waals surface area contributed by atoms with Gasteiger partial charge in [-0.1, -0.05) is 44.2 Å².